The molecule has 3 heterocycles. The van der Waals surface area contributed by atoms with Crippen LogP contribution in [0.15, 0.2) is 61.1 Å². The molecule has 0 saturated heterocycles. The molecular formula is C20H16FN5. The highest BCUT2D eigenvalue weighted by Crippen LogP contribution is 2.22. The number of anilines is 1. The van der Waals surface area contributed by atoms with Gasteiger partial charge in [-0.3, -0.25) is 15.1 Å². The van der Waals surface area contributed by atoms with Crippen LogP contribution in [0, 0.1) is 5.82 Å². The van der Waals surface area contributed by atoms with Gasteiger partial charge < -0.3 is 5.32 Å². The maximum atomic E-state index is 13.2. The van der Waals surface area contributed by atoms with Crippen LogP contribution in [0.1, 0.15) is 17.0 Å². The van der Waals surface area contributed by atoms with Gasteiger partial charge in [-0.05, 0) is 54.1 Å². The molecule has 2 N–H and O–H groups in total. The third-order valence-electron chi connectivity index (χ3n) is 3.95. The van der Waals surface area contributed by atoms with E-state index in [1.807, 2.05) is 48.6 Å². The lowest BCUT2D eigenvalue weighted by Gasteiger charge is -2.06. The van der Waals surface area contributed by atoms with Crippen molar-refractivity contribution in [1.29, 1.82) is 0 Å². The zero-order valence-electron chi connectivity index (χ0n) is 13.9. The number of aromatic nitrogens is 4. The van der Waals surface area contributed by atoms with Crippen LogP contribution in [0.5, 0.6) is 0 Å². The highest BCUT2D eigenvalue weighted by atomic mass is 19.1. The van der Waals surface area contributed by atoms with E-state index in [9.17, 15) is 4.39 Å². The van der Waals surface area contributed by atoms with Gasteiger partial charge in [-0.15, -0.1) is 0 Å². The fourth-order valence-corrected chi connectivity index (χ4v) is 2.67. The number of benzene rings is 1. The molecule has 0 fully saturated rings. The van der Waals surface area contributed by atoms with Crippen molar-refractivity contribution in [2.45, 2.75) is 6.54 Å². The summed E-state index contributed by atoms with van der Waals surface area (Å²) >= 11 is 0. The topological polar surface area (TPSA) is 66.5 Å². The van der Waals surface area contributed by atoms with E-state index in [2.05, 4.69) is 25.5 Å². The lowest BCUT2D eigenvalue weighted by atomic mass is 10.1. The van der Waals surface area contributed by atoms with Gasteiger partial charge in [0.15, 0.2) is 0 Å². The molecular weight excluding hydrogens is 329 g/mol. The minimum absolute atomic E-state index is 0.337. The number of fused-ring (bicyclic) bond motifs is 1. The average Bonchev–Trinajstić information content (AvgIpc) is 3.08. The second kappa shape index (κ2) is 7.14. The van der Waals surface area contributed by atoms with Crippen LogP contribution in [0.4, 0.5) is 10.1 Å². The molecule has 0 atom stereocenters. The Bertz CT molecular complexity index is 1060. The Labute approximate surface area is 149 Å². The molecule has 0 radical (unpaired) electrons. The van der Waals surface area contributed by atoms with Gasteiger partial charge in [0, 0.05) is 30.0 Å². The number of halogens is 1. The number of nitrogens with zero attached hydrogens (tertiary/aromatic N) is 3. The molecule has 1 aromatic carbocycles. The summed E-state index contributed by atoms with van der Waals surface area (Å²) < 4.78 is 13.2. The Morgan fingerprint density at radius 3 is 2.88 bits per heavy atom. The zero-order valence-corrected chi connectivity index (χ0v) is 13.9. The van der Waals surface area contributed by atoms with Crippen molar-refractivity contribution in [3.8, 4) is 0 Å². The Morgan fingerprint density at radius 2 is 2.04 bits per heavy atom. The first-order chi connectivity index (χ1) is 12.8. The maximum Gasteiger partial charge on any atom is 0.141 e. The molecule has 128 valence electrons. The molecule has 0 aliphatic heterocycles. The Hall–Kier alpha value is -3.54. The monoisotopic (exact) mass is 345 g/mol. The molecule has 4 aromatic rings. The number of aromatic amines is 1. The van der Waals surface area contributed by atoms with Gasteiger partial charge in [0.25, 0.3) is 0 Å². The second-order valence-electron chi connectivity index (χ2n) is 5.82. The van der Waals surface area contributed by atoms with Crippen LogP contribution < -0.4 is 5.32 Å². The van der Waals surface area contributed by atoms with E-state index in [0.29, 0.717) is 6.54 Å². The van der Waals surface area contributed by atoms with Gasteiger partial charge in [0.05, 0.1) is 23.1 Å². The fraction of sp³-hybridized carbons (Fsp3) is 0.0500. The summed E-state index contributed by atoms with van der Waals surface area (Å²) in [5.74, 6) is -0.337. The Balaban J connectivity index is 1.55. The molecule has 0 spiro atoms. The number of pyridine rings is 2. The van der Waals surface area contributed by atoms with Crippen molar-refractivity contribution in [1.82, 2.24) is 20.2 Å². The van der Waals surface area contributed by atoms with Gasteiger partial charge >= 0.3 is 0 Å². The van der Waals surface area contributed by atoms with E-state index >= 15 is 0 Å². The lowest BCUT2D eigenvalue weighted by molar-refractivity contribution is 0.619. The molecule has 0 aliphatic rings. The normalized spacial score (nSPS) is 11.3. The smallest absolute Gasteiger partial charge is 0.141 e. The van der Waals surface area contributed by atoms with Gasteiger partial charge in [-0.2, -0.15) is 5.10 Å². The van der Waals surface area contributed by atoms with Gasteiger partial charge in [-0.25, -0.2) is 4.39 Å². The van der Waals surface area contributed by atoms with Crippen LogP contribution in [0.3, 0.4) is 0 Å². The highest BCUT2D eigenvalue weighted by molar-refractivity contribution is 5.91. The van der Waals surface area contributed by atoms with E-state index in [1.54, 1.807) is 12.4 Å². The number of nitrogens with one attached hydrogen (secondary N) is 2. The van der Waals surface area contributed by atoms with Crippen LogP contribution in [-0.4, -0.2) is 20.2 Å². The quantitative estimate of drug-likeness (QED) is 0.567. The van der Waals surface area contributed by atoms with Gasteiger partial charge in [0.1, 0.15) is 5.82 Å². The molecule has 3 aromatic heterocycles. The Kier molecular flexibility index (Phi) is 4.38. The van der Waals surface area contributed by atoms with Crippen molar-refractivity contribution in [2.75, 3.05) is 5.32 Å². The first kappa shape index (κ1) is 16.0. The predicted molar refractivity (Wildman–Crippen MR) is 101 cm³/mol. The molecule has 0 bridgehead atoms. The third-order valence-corrected chi connectivity index (χ3v) is 3.95. The van der Waals surface area contributed by atoms with Crippen molar-refractivity contribution in [3.05, 3.63) is 83.8 Å². The van der Waals surface area contributed by atoms with Gasteiger partial charge in [0.2, 0.25) is 0 Å². The molecule has 6 heteroatoms. The summed E-state index contributed by atoms with van der Waals surface area (Å²) in [7, 11) is 0. The maximum absolute atomic E-state index is 13.2. The van der Waals surface area contributed by atoms with E-state index in [0.717, 1.165) is 33.5 Å². The first-order valence-electron chi connectivity index (χ1n) is 8.18. The highest BCUT2D eigenvalue weighted by Gasteiger charge is 2.05. The predicted octanol–water partition coefficient (Wildman–Crippen LogP) is 4.27. The van der Waals surface area contributed by atoms with E-state index in [1.165, 1.54) is 12.3 Å². The van der Waals surface area contributed by atoms with Gasteiger partial charge in [-0.1, -0.05) is 6.07 Å². The number of hydrogen-bond acceptors (Lipinski definition) is 4. The number of rotatable bonds is 5. The molecule has 0 unspecified atom stereocenters. The minimum atomic E-state index is -0.337. The molecule has 26 heavy (non-hydrogen) atoms. The zero-order chi connectivity index (χ0) is 17.8. The van der Waals surface area contributed by atoms with Crippen LogP contribution in [0.2, 0.25) is 0 Å². The van der Waals surface area contributed by atoms with E-state index < -0.39 is 0 Å². The molecule has 5 nitrogen and oxygen atoms in total. The minimum Gasteiger partial charge on any atom is -0.381 e. The largest absolute Gasteiger partial charge is 0.381 e. The fourth-order valence-electron chi connectivity index (χ4n) is 2.67. The summed E-state index contributed by atoms with van der Waals surface area (Å²) in [6, 6.07) is 13.2. The second-order valence-corrected chi connectivity index (χ2v) is 5.82. The van der Waals surface area contributed by atoms with Crippen molar-refractivity contribution in [2.24, 2.45) is 0 Å². The average molecular weight is 345 g/mol. The van der Waals surface area contributed by atoms with Crippen LogP contribution in [0.25, 0.3) is 23.1 Å². The van der Waals surface area contributed by atoms with Crippen LogP contribution in [-0.2, 0) is 6.54 Å². The van der Waals surface area contributed by atoms with E-state index in [-0.39, 0.29) is 5.82 Å². The van der Waals surface area contributed by atoms with Crippen molar-refractivity contribution >= 4 is 28.7 Å². The van der Waals surface area contributed by atoms with E-state index in [4.69, 9.17) is 0 Å². The number of H-pyrrole nitrogens is 1. The lowest BCUT2D eigenvalue weighted by Crippen LogP contribution is -2.00. The molecule has 0 aliphatic carbocycles. The molecule has 0 saturated carbocycles. The molecule has 0 amide bonds. The number of hydrogen-bond donors (Lipinski definition) is 2. The van der Waals surface area contributed by atoms with Crippen LogP contribution >= 0.6 is 0 Å². The van der Waals surface area contributed by atoms with Crippen molar-refractivity contribution < 1.29 is 4.39 Å². The summed E-state index contributed by atoms with van der Waals surface area (Å²) in [6.07, 6.45) is 8.45. The van der Waals surface area contributed by atoms with Crippen molar-refractivity contribution in [3.63, 3.8) is 0 Å². The Morgan fingerprint density at radius 1 is 1.08 bits per heavy atom. The summed E-state index contributed by atoms with van der Waals surface area (Å²) in [6.45, 7) is 0.493. The standard InChI is InChI=1S/C20H16FN5/c21-15-9-14(11-22-13-15)12-24-17-5-7-20-18(10-17)19(25-26-20)6-4-16-3-1-2-8-23-16/h1-11,13,24H,12H2,(H,25,26)/b6-4+. The third kappa shape index (κ3) is 3.59. The summed E-state index contributed by atoms with van der Waals surface area (Å²) in [5.41, 5.74) is 4.37. The summed E-state index contributed by atoms with van der Waals surface area (Å²) in [4.78, 5) is 8.13. The summed E-state index contributed by atoms with van der Waals surface area (Å²) in [5, 5.41) is 11.7. The molecule has 4 rings (SSSR count). The first-order valence-corrected chi connectivity index (χ1v) is 8.18. The SMILES string of the molecule is Fc1cncc(CNc2ccc3[nH]nc(/C=C/c4ccccn4)c3c2)c1.